The van der Waals surface area contributed by atoms with E-state index in [0.717, 1.165) is 60.7 Å². The van der Waals surface area contributed by atoms with Crippen LogP contribution in [-0.2, 0) is 6.42 Å². The number of amides is 1. The number of carbonyl (C=O) groups is 1. The fraction of sp³-hybridized carbons (Fsp3) is 0.381. The highest BCUT2D eigenvalue weighted by molar-refractivity contribution is 5.94. The molecule has 1 unspecified atom stereocenters. The first-order valence-electron chi connectivity index (χ1n) is 9.57. The zero-order chi connectivity index (χ0) is 18.4. The van der Waals surface area contributed by atoms with Crippen molar-refractivity contribution in [3.8, 4) is 5.75 Å². The molecule has 2 aromatic heterocycles. The van der Waals surface area contributed by atoms with Gasteiger partial charge < -0.3 is 9.64 Å². The van der Waals surface area contributed by atoms with Gasteiger partial charge in [0.25, 0.3) is 5.91 Å². The van der Waals surface area contributed by atoms with Crippen LogP contribution in [0.1, 0.15) is 47.4 Å². The number of ether oxygens (including phenoxy) is 1. The maximum atomic E-state index is 12.9. The zero-order valence-electron chi connectivity index (χ0n) is 15.3. The van der Waals surface area contributed by atoms with E-state index in [1.807, 2.05) is 47.5 Å². The third-order valence-corrected chi connectivity index (χ3v) is 5.63. The number of likely N-dealkylation sites (tertiary alicyclic amines) is 1. The topological polar surface area (TPSA) is 59.7 Å². The van der Waals surface area contributed by atoms with Gasteiger partial charge in [0.2, 0.25) is 0 Å². The summed E-state index contributed by atoms with van der Waals surface area (Å²) in [5.74, 6) is 2.36. The van der Waals surface area contributed by atoms with E-state index < -0.39 is 0 Å². The third-order valence-electron chi connectivity index (χ3n) is 5.63. The number of rotatable bonds is 2. The molecule has 6 heteroatoms. The first kappa shape index (κ1) is 16.3. The number of fused-ring (bicyclic) bond motifs is 2. The summed E-state index contributed by atoms with van der Waals surface area (Å²) >= 11 is 0. The third kappa shape index (κ3) is 2.85. The Balaban J connectivity index is 1.29. The second-order valence-electron chi connectivity index (χ2n) is 7.51. The lowest BCUT2D eigenvalue weighted by Gasteiger charge is -2.31. The van der Waals surface area contributed by atoms with Crippen LogP contribution in [0.5, 0.6) is 5.75 Å². The van der Waals surface area contributed by atoms with Crippen LogP contribution < -0.4 is 4.74 Å². The van der Waals surface area contributed by atoms with Crippen molar-refractivity contribution in [2.75, 3.05) is 13.1 Å². The molecule has 0 radical (unpaired) electrons. The number of hydrogen-bond donors (Lipinski definition) is 0. The fourth-order valence-corrected chi connectivity index (χ4v) is 4.22. The van der Waals surface area contributed by atoms with Gasteiger partial charge in [-0.3, -0.25) is 9.20 Å². The molecule has 0 aliphatic carbocycles. The van der Waals surface area contributed by atoms with Gasteiger partial charge in [-0.2, -0.15) is 0 Å². The SMILES string of the molecule is CC1Cc2cc(C(=O)N3CCC(c4nnc5ccccn45)CC3)ccc2O1. The fourth-order valence-electron chi connectivity index (χ4n) is 4.22. The van der Waals surface area contributed by atoms with Crippen molar-refractivity contribution in [2.45, 2.75) is 38.2 Å². The Morgan fingerprint density at radius 1 is 1.15 bits per heavy atom. The number of carbonyl (C=O) groups excluding carboxylic acids is 1. The lowest BCUT2D eigenvalue weighted by atomic mass is 9.95. The van der Waals surface area contributed by atoms with Gasteiger partial charge in [0.05, 0.1) is 0 Å². The Kier molecular flexibility index (Phi) is 3.85. The zero-order valence-corrected chi connectivity index (χ0v) is 15.3. The minimum atomic E-state index is 0.113. The molecule has 27 heavy (non-hydrogen) atoms. The lowest BCUT2D eigenvalue weighted by molar-refractivity contribution is 0.0711. The first-order chi connectivity index (χ1) is 13.2. The molecule has 0 saturated carbocycles. The number of pyridine rings is 1. The van der Waals surface area contributed by atoms with Gasteiger partial charge in [0.15, 0.2) is 5.65 Å². The summed E-state index contributed by atoms with van der Waals surface area (Å²) in [6.07, 6.45) is 4.90. The van der Waals surface area contributed by atoms with Crippen LogP contribution in [-0.4, -0.2) is 44.6 Å². The highest BCUT2D eigenvalue weighted by Crippen LogP contribution is 2.31. The van der Waals surface area contributed by atoms with Crippen molar-refractivity contribution in [3.63, 3.8) is 0 Å². The molecule has 2 aliphatic rings. The number of piperidine rings is 1. The van der Waals surface area contributed by atoms with Crippen molar-refractivity contribution in [2.24, 2.45) is 0 Å². The van der Waals surface area contributed by atoms with E-state index in [2.05, 4.69) is 21.5 Å². The van der Waals surface area contributed by atoms with Crippen LogP contribution in [0.4, 0.5) is 0 Å². The van der Waals surface area contributed by atoms with E-state index in [1.165, 1.54) is 0 Å². The number of hydrogen-bond acceptors (Lipinski definition) is 4. The van der Waals surface area contributed by atoms with Gasteiger partial charge in [-0.1, -0.05) is 6.07 Å². The molecule has 5 rings (SSSR count). The Morgan fingerprint density at radius 3 is 2.85 bits per heavy atom. The lowest BCUT2D eigenvalue weighted by Crippen LogP contribution is -2.38. The van der Waals surface area contributed by atoms with Crippen molar-refractivity contribution in [3.05, 3.63) is 59.5 Å². The molecule has 1 aromatic carbocycles. The molecule has 1 fully saturated rings. The standard InChI is InChI=1S/C21H22N4O2/c1-14-12-17-13-16(5-6-18(17)27-14)21(26)24-10-7-15(8-11-24)20-23-22-19-4-2-3-9-25(19)20/h2-6,9,13-15H,7-8,10-12H2,1H3. The Hall–Kier alpha value is -2.89. The molecule has 138 valence electrons. The molecule has 0 N–H and O–H groups in total. The predicted molar refractivity (Wildman–Crippen MR) is 101 cm³/mol. The molecule has 1 saturated heterocycles. The Labute approximate surface area is 157 Å². The van der Waals surface area contributed by atoms with Crippen LogP contribution in [0.2, 0.25) is 0 Å². The minimum Gasteiger partial charge on any atom is -0.490 e. The molecule has 6 nitrogen and oxygen atoms in total. The van der Waals surface area contributed by atoms with Crippen molar-refractivity contribution in [1.82, 2.24) is 19.5 Å². The monoisotopic (exact) mass is 362 g/mol. The molecular formula is C21H22N4O2. The summed E-state index contributed by atoms with van der Waals surface area (Å²) in [5, 5.41) is 8.64. The van der Waals surface area contributed by atoms with Gasteiger partial charge in [-0.15, -0.1) is 10.2 Å². The van der Waals surface area contributed by atoms with Crippen molar-refractivity contribution < 1.29 is 9.53 Å². The van der Waals surface area contributed by atoms with Crippen LogP contribution in [0.25, 0.3) is 5.65 Å². The smallest absolute Gasteiger partial charge is 0.253 e. The van der Waals surface area contributed by atoms with Crippen molar-refractivity contribution >= 4 is 11.6 Å². The average Bonchev–Trinajstić information content (AvgIpc) is 3.29. The molecule has 2 aliphatic heterocycles. The van der Waals surface area contributed by atoms with Gasteiger partial charge in [0, 0.05) is 37.2 Å². The van der Waals surface area contributed by atoms with E-state index in [9.17, 15) is 4.79 Å². The van der Waals surface area contributed by atoms with E-state index in [4.69, 9.17) is 4.74 Å². The summed E-state index contributed by atoms with van der Waals surface area (Å²) in [4.78, 5) is 14.9. The molecular weight excluding hydrogens is 340 g/mol. The predicted octanol–water partition coefficient (Wildman–Crippen LogP) is 3.07. The molecule has 1 atom stereocenters. The second kappa shape index (κ2) is 6.37. The molecule has 1 amide bonds. The first-order valence-corrected chi connectivity index (χ1v) is 9.57. The highest BCUT2D eigenvalue weighted by atomic mass is 16.5. The quantitative estimate of drug-likeness (QED) is 0.703. The van der Waals surface area contributed by atoms with E-state index in [0.29, 0.717) is 5.92 Å². The normalized spacial score (nSPS) is 19.9. The summed E-state index contributed by atoms with van der Waals surface area (Å²) in [5.41, 5.74) is 2.77. The molecule has 4 heterocycles. The largest absolute Gasteiger partial charge is 0.490 e. The molecule has 3 aromatic rings. The maximum Gasteiger partial charge on any atom is 0.253 e. The van der Waals surface area contributed by atoms with E-state index in [-0.39, 0.29) is 12.0 Å². The van der Waals surface area contributed by atoms with Crippen LogP contribution in [0.3, 0.4) is 0 Å². The number of nitrogens with zero attached hydrogens (tertiary/aromatic N) is 4. The summed E-state index contributed by atoms with van der Waals surface area (Å²) in [6, 6.07) is 11.7. The highest BCUT2D eigenvalue weighted by Gasteiger charge is 2.28. The van der Waals surface area contributed by atoms with Gasteiger partial charge in [0.1, 0.15) is 17.7 Å². The van der Waals surface area contributed by atoms with E-state index >= 15 is 0 Å². The van der Waals surface area contributed by atoms with Crippen LogP contribution in [0.15, 0.2) is 42.6 Å². The van der Waals surface area contributed by atoms with E-state index in [1.54, 1.807) is 0 Å². The van der Waals surface area contributed by atoms with Crippen LogP contribution >= 0.6 is 0 Å². The Bertz CT molecular complexity index is 1000. The average molecular weight is 362 g/mol. The van der Waals surface area contributed by atoms with Gasteiger partial charge in [-0.05, 0) is 55.7 Å². The Morgan fingerprint density at radius 2 is 2.00 bits per heavy atom. The summed E-state index contributed by atoms with van der Waals surface area (Å²) < 4.78 is 7.80. The van der Waals surface area contributed by atoms with Crippen LogP contribution in [0, 0.1) is 0 Å². The van der Waals surface area contributed by atoms with Gasteiger partial charge in [-0.25, -0.2) is 0 Å². The molecule has 0 bridgehead atoms. The number of benzene rings is 1. The molecule has 0 spiro atoms. The second-order valence-corrected chi connectivity index (χ2v) is 7.51. The minimum absolute atomic E-state index is 0.113. The van der Waals surface area contributed by atoms with Gasteiger partial charge >= 0.3 is 0 Å². The summed E-state index contributed by atoms with van der Waals surface area (Å²) in [6.45, 7) is 3.55. The number of aromatic nitrogens is 3. The van der Waals surface area contributed by atoms with Crippen molar-refractivity contribution in [1.29, 1.82) is 0 Å². The maximum absolute atomic E-state index is 12.9. The summed E-state index contributed by atoms with van der Waals surface area (Å²) in [7, 11) is 0.